The van der Waals surface area contributed by atoms with Gasteiger partial charge in [-0.2, -0.15) is 0 Å². The molecule has 0 spiro atoms. The van der Waals surface area contributed by atoms with E-state index in [-0.39, 0.29) is 18.5 Å². The van der Waals surface area contributed by atoms with Crippen LogP contribution < -0.4 is 4.74 Å². The Morgan fingerprint density at radius 1 is 1.39 bits per heavy atom. The van der Waals surface area contributed by atoms with Gasteiger partial charge in [-0.15, -0.1) is 11.3 Å². The molecule has 1 aromatic rings. The van der Waals surface area contributed by atoms with E-state index in [4.69, 9.17) is 4.74 Å². The van der Waals surface area contributed by atoms with Gasteiger partial charge in [0.2, 0.25) is 0 Å². The third-order valence-electron chi connectivity index (χ3n) is 2.43. The zero-order valence-corrected chi connectivity index (χ0v) is 11.7. The van der Waals surface area contributed by atoms with Crippen molar-refractivity contribution in [2.24, 2.45) is 0 Å². The van der Waals surface area contributed by atoms with Gasteiger partial charge < -0.3 is 14.4 Å². The van der Waals surface area contributed by atoms with Crippen LogP contribution in [0.4, 0.5) is 0 Å². The normalized spacial score (nSPS) is 10.3. The summed E-state index contributed by atoms with van der Waals surface area (Å²) >= 11 is 1.29. The van der Waals surface area contributed by atoms with Crippen LogP contribution in [-0.4, -0.2) is 43.6 Å². The maximum Gasteiger partial charge on any atom is 0.325 e. The second-order valence-corrected chi connectivity index (χ2v) is 4.86. The first-order valence-corrected chi connectivity index (χ1v) is 6.37. The van der Waals surface area contributed by atoms with Crippen LogP contribution in [0.5, 0.6) is 5.75 Å². The van der Waals surface area contributed by atoms with E-state index in [0.29, 0.717) is 10.6 Å². The fourth-order valence-corrected chi connectivity index (χ4v) is 2.18. The van der Waals surface area contributed by atoms with Crippen molar-refractivity contribution < 1.29 is 19.1 Å². The fourth-order valence-electron chi connectivity index (χ4n) is 1.37. The summed E-state index contributed by atoms with van der Waals surface area (Å²) in [5.74, 6) is 0.0226. The van der Waals surface area contributed by atoms with Crippen molar-refractivity contribution in [2.45, 2.75) is 19.9 Å². The maximum absolute atomic E-state index is 12.2. The first-order chi connectivity index (χ1) is 8.49. The standard InChI is InChI=1S/C12H17NO4S/c1-8(2)13(6-11(14)17-4)12(15)10-5-9(16-3)7-18-10/h5,7-8H,6H2,1-4H3. The lowest BCUT2D eigenvalue weighted by Crippen LogP contribution is -2.40. The van der Waals surface area contributed by atoms with Crippen LogP contribution in [0.2, 0.25) is 0 Å². The topological polar surface area (TPSA) is 55.8 Å². The molecule has 0 radical (unpaired) electrons. The van der Waals surface area contributed by atoms with Gasteiger partial charge in [-0.1, -0.05) is 0 Å². The van der Waals surface area contributed by atoms with Crippen LogP contribution >= 0.6 is 11.3 Å². The Balaban J connectivity index is 2.85. The molecule has 0 atom stereocenters. The van der Waals surface area contributed by atoms with E-state index in [1.807, 2.05) is 13.8 Å². The Kier molecular flexibility index (Phi) is 5.15. The second-order valence-electron chi connectivity index (χ2n) is 3.95. The second kappa shape index (κ2) is 6.39. The Morgan fingerprint density at radius 3 is 2.50 bits per heavy atom. The average Bonchev–Trinajstić information content (AvgIpc) is 2.83. The van der Waals surface area contributed by atoms with E-state index in [9.17, 15) is 9.59 Å². The van der Waals surface area contributed by atoms with Crippen molar-refractivity contribution in [2.75, 3.05) is 20.8 Å². The number of thiophene rings is 1. The quantitative estimate of drug-likeness (QED) is 0.766. The molecule has 0 aliphatic heterocycles. The monoisotopic (exact) mass is 271 g/mol. The van der Waals surface area contributed by atoms with E-state index in [2.05, 4.69) is 4.74 Å². The van der Waals surface area contributed by atoms with E-state index in [1.54, 1.807) is 18.6 Å². The van der Waals surface area contributed by atoms with Gasteiger partial charge in [0.05, 0.1) is 19.1 Å². The number of methoxy groups -OCH3 is 2. The van der Waals surface area contributed by atoms with E-state index >= 15 is 0 Å². The molecule has 0 aromatic carbocycles. The van der Waals surface area contributed by atoms with Gasteiger partial charge in [0.15, 0.2) is 0 Å². The number of esters is 1. The highest BCUT2D eigenvalue weighted by Crippen LogP contribution is 2.23. The molecule has 0 aliphatic rings. The van der Waals surface area contributed by atoms with Crippen molar-refractivity contribution in [3.8, 4) is 5.75 Å². The SMILES string of the molecule is COC(=O)CN(C(=O)c1cc(OC)cs1)C(C)C. The number of rotatable bonds is 5. The molecule has 18 heavy (non-hydrogen) atoms. The van der Waals surface area contributed by atoms with Gasteiger partial charge in [-0.05, 0) is 13.8 Å². The Bertz CT molecular complexity index is 427. The van der Waals surface area contributed by atoms with Crippen LogP contribution in [0.25, 0.3) is 0 Å². The number of carbonyl (C=O) groups is 2. The zero-order chi connectivity index (χ0) is 13.7. The summed E-state index contributed by atoms with van der Waals surface area (Å²) in [6.07, 6.45) is 0. The lowest BCUT2D eigenvalue weighted by atomic mass is 10.3. The van der Waals surface area contributed by atoms with E-state index in [1.165, 1.54) is 23.3 Å². The molecule has 5 nitrogen and oxygen atoms in total. The van der Waals surface area contributed by atoms with Crippen molar-refractivity contribution in [1.29, 1.82) is 0 Å². The van der Waals surface area contributed by atoms with Gasteiger partial charge in [0.25, 0.3) is 5.91 Å². The molecule has 1 heterocycles. The van der Waals surface area contributed by atoms with E-state index < -0.39 is 5.97 Å². The summed E-state index contributed by atoms with van der Waals surface area (Å²) in [5.41, 5.74) is 0. The lowest BCUT2D eigenvalue weighted by molar-refractivity contribution is -0.141. The number of hydrogen-bond acceptors (Lipinski definition) is 5. The van der Waals surface area contributed by atoms with Crippen molar-refractivity contribution >= 4 is 23.2 Å². The molecule has 100 valence electrons. The highest BCUT2D eigenvalue weighted by molar-refractivity contribution is 7.12. The molecule has 6 heteroatoms. The zero-order valence-electron chi connectivity index (χ0n) is 10.9. The Morgan fingerprint density at radius 2 is 2.06 bits per heavy atom. The van der Waals surface area contributed by atoms with Crippen LogP contribution in [-0.2, 0) is 9.53 Å². The average molecular weight is 271 g/mol. The Labute approximate surface area is 110 Å². The first-order valence-electron chi connectivity index (χ1n) is 5.50. The molecule has 0 unspecified atom stereocenters. The first kappa shape index (κ1) is 14.5. The highest BCUT2D eigenvalue weighted by Gasteiger charge is 2.23. The number of ether oxygens (including phenoxy) is 2. The molecule has 1 aromatic heterocycles. The molecule has 1 rings (SSSR count). The van der Waals surface area contributed by atoms with Crippen molar-refractivity contribution in [3.05, 3.63) is 16.3 Å². The lowest BCUT2D eigenvalue weighted by Gasteiger charge is -2.24. The molecule has 0 N–H and O–H groups in total. The fraction of sp³-hybridized carbons (Fsp3) is 0.500. The van der Waals surface area contributed by atoms with Gasteiger partial charge >= 0.3 is 5.97 Å². The molecule has 0 saturated heterocycles. The number of amides is 1. The van der Waals surface area contributed by atoms with Crippen LogP contribution in [0.1, 0.15) is 23.5 Å². The number of hydrogen-bond donors (Lipinski definition) is 0. The molecule has 0 aliphatic carbocycles. The molecule has 0 saturated carbocycles. The highest BCUT2D eigenvalue weighted by atomic mass is 32.1. The predicted octanol–water partition coefficient (Wildman–Crippen LogP) is 1.78. The maximum atomic E-state index is 12.2. The summed E-state index contributed by atoms with van der Waals surface area (Å²) in [4.78, 5) is 25.5. The molecule has 0 bridgehead atoms. The third-order valence-corrected chi connectivity index (χ3v) is 3.33. The summed E-state index contributed by atoms with van der Waals surface area (Å²) < 4.78 is 9.62. The molecule has 1 amide bonds. The summed E-state index contributed by atoms with van der Waals surface area (Å²) in [6.45, 7) is 3.66. The van der Waals surface area contributed by atoms with Crippen molar-refractivity contribution in [1.82, 2.24) is 4.90 Å². The largest absolute Gasteiger partial charge is 0.496 e. The molecular weight excluding hydrogens is 254 g/mol. The number of carbonyl (C=O) groups excluding carboxylic acids is 2. The summed E-state index contributed by atoms with van der Waals surface area (Å²) in [6, 6.07) is 1.59. The smallest absolute Gasteiger partial charge is 0.325 e. The molecular formula is C12H17NO4S. The van der Waals surface area contributed by atoms with Crippen LogP contribution in [0.3, 0.4) is 0 Å². The summed E-state index contributed by atoms with van der Waals surface area (Å²) in [5, 5.41) is 1.75. The summed E-state index contributed by atoms with van der Waals surface area (Å²) in [7, 11) is 2.85. The van der Waals surface area contributed by atoms with Crippen LogP contribution in [0, 0.1) is 0 Å². The van der Waals surface area contributed by atoms with Gasteiger partial charge in [-0.25, -0.2) is 0 Å². The Hall–Kier alpha value is -1.56. The number of nitrogens with zero attached hydrogens (tertiary/aromatic N) is 1. The minimum atomic E-state index is -0.430. The molecule has 0 fully saturated rings. The van der Waals surface area contributed by atoms with E-state index in [0.717, 1.165) is 0 Å². The minimum Gasteiger partial charge on any atom is -0.496 e. The third kappa shape index (κ3) is 3.46. The minimum absolute atomic E-state index is 0.0484. The van der Waals surface area contributed by atoms with Gasteiger partial charge in [-0.3, -0.25) is 9.59 Å². The van der Waals surface area contributed by atoms with Crippen LogP contribution in [0.15, 0.2) is 11.4 Å². The van der Waals surface area contributed by atoms with Crippen molar-refractivity contribution in [3.63, 3.8) is 0 Å². The van der Waals surface area contributed by atoms with Gasteiger partial charge in [0.1, 0.15) is 12.3 Å². The van der Waals surface area contributed by atoms with Gasteiger partial charge in [0, 0.05) is 17.5 Å². The predicted molar refractivity (Wildman–Crippen MR) is 69.1 cm³/mol.